The van der Waals surface area contributed by atoms with Crippen LogP contribution < -0.4 is 0 Å². The number of hydrogen-bond acceptors (Lipinski definition) is 4. The van der Waals surface area contributed by atoms with Gasteiger partial charge in [0.2, 0.25) is 0 Å². The van der Waals surface area contributed by atoms with Crippen molar-refractivity contribution in [1.82, 2.24) is 0 Å². The zero-order chi connectivity index (χ0) is 12.9. The minimum absolute atomic E-state index is 0.240. The Bertz CT molecular complexity index is 216. The van der Waals surface area contributed by atoms with Gasteiger partial charge in [-0.15, -0.1) is 0 Å². The highest BCUT2D eigenvalue weighted by Crippen LogP contribution is 2.25. The molecule has 0 aromatic rings. The molecule has 0 saturated carbocycles. The highest BCUT2D eigenvalue weighted by molar-refractivity contribution is 6.83. The second-order valence-corrected chi connectivity index (χ2v) is 13.8. The fourth-order valence-corrected chi connectivity index (χ4v) is 14.6. The summed E-state index contributed by atoms with van der Waals surface area (Å²) in [4.78, 5) is 0. The summed E-state index contributed by atoms with van der Waals surface area (Å²) in [6.45, 7) is 10.6. The van der Waals surface area contributed by atoms with Gasteiger partial charge in [-0.1, -0.05) is 20.8 Å². The van der Waals surface area contributed by atoms with Crippen molar-refractivity contribution in [2.24, 2.45) is 0 Å². The van der Waals surface area contributed by atoms with Crippen LogP contribution in [0.2, 0.25) is 18.1 Å². The van der Waals surface area contributed by atoms with Gasteiger partial charge < -0.3 is 17.1 Å². The zero-order valence-corrected chi connectivity index (χ0v) is 15.0. The van der Waals surface area contributed by atoms with Crippen LogP contribution in [0.5, 0.6) is 0 Å². The molecule has 0 N–H and O–H groups in total. The average Bonchev–Trinajstić information content (AvgIpc) is 2.35. The molecule has 1 aliphatic heterocycles. The third-order valence-electron chi connectivity index (χ3n) is 2.84. The van der Waals surface area contributed by atoms with Crippen LogP contribution in [0.4, 0.5) is 0 Å². The summed E-state index contributed by atoms with van der Waals surface area (Å²) in [5, 5.41) is 0. The van der Waals surface area contributed by atoms with Gasteiger partial charge in [-0.05, 0) is 32.0 Å². The van der Waals surface area contributed by atoms with E-state index >= 15 is 0 Å². The van der Waals surface area contributed by atoms with Crippen LogP contribution in [0.15, 0.2) is 0 Å². The first-order valence-corrected chi connectivity index (χ1v) is 12.4. The van der Waals surface area contributed by atoms with E-state index in [1.54, 1.807) is 0 Å². The van der Waals surface area contributed by atoms with Crippen molar-refractivity contribution >= 4 is 27.1 Å². The lowest BCUT2D eigenvalue weighted by Gasteiger charge is -2.41. The van der Waals surface area contributed by atoms with E-state index in [1.165, 1.54) is 0 Å². The van der Waals surface area contributed by atoms with Crippen molar-refractivity contribution in [2.75, 3.05) is 6.23 Å². The Morgan fingerprint density at radius 2 is 1.59 bits per heavy atom. The highest BCUT2D eigenvalue weighted by Gasteiger charge is 2.46. The largest absolute Gasteiger partial charge is 0.420 e. The first-order chi connectivity index (χ1) is 8.05. The summed E-state index contributed by atoms with van der Waals surface area (Å²) < 4.78 is 24.1. The van der Waals surface area contributed by atoms with E-state index in [1.807, 2.05) is 0 Å². The molecule has 0 amide bonds. The molecule has 1 aliphatic rings. The van der Waals surface area contributed by atoms with Crippen molar-refractivity contribution in [2.45, 2.75) is 58.9 Å². The topological polar surface area (TPSA) is 36.9 Å². The SMILES string of the molecule is CC[SiH]1O[SiH](CC)O[Si](CC)(COC(C)C)O1. The Balaban J connectivity index is 2.66. The highest BCUT2D eigenvalue weighted by atomic mass is 28.5. The first-order valence-electron chi connectivity index (χ1n) is 6.68. The fourth-order valence-electron chi connectivity index (χ4n) is 1.72. The number of hydrogen-bond donors (Lipinski definition) is 0. The van der Waals surface area contributed by atoms with E-state index in [0.29, 0.717) is 6.23 Å². The summed E-state index contributed by atoms with van der Waals surface area (Å²) in [5.74, 6) is 0. The lowest BCUT2D eigenvalue weighted by Crippen LogP contribution is -2.60. The van der Waals surface area contributed by atoms with Crippen LogP contribution in [-0.2, 0) is 17.1 Å². The molecule has 1 fully saturated rings. The molecule has 2 unspecified atom stereocenters. The van der Waals surface area contributed by atoms with Gasteiger partial charge in [-0.25, -0.2) is 0 Å². The van der Waals surface area contributed by atoms with Crippen molar-refractivity contribution < 1.29 is 17.1 Å². The molecule has 7 heteroatoms. The summed E-state index contributed by atoms with van der Waals surface area (Å²) in [6.07, 6.45) is 0.904. The van der Waals surface area contributed by atoms with E-state index in [2.05, 4.69) is 34.6 Å². The second-order valence-electron chi connectivity index (χ2n) is 4.67. The van der Waals surface area contributed by atoms with Crippen molar-refractivity contribution in [3.8, 4) is 0 Å². The molecule has 2 atom stereocenters. The van der Waals surface area contributed by atoms with Crippen LogP contribution in [0, 0.1) is 0 Å². The van der Waals surface area contributed by atoms with Crippen LogP contribution in [0.25, 0.3) is 0 Å². The third-order valence-corrected chi connectivity index (χ3v) is 13.8. The van der Waals surface area contributed by atoms with E-state index in [0.717, 1.165) is 18.1 Å². The van der Waals surface area contributed by atoms with Gasteiger partial charge in [-0.3, -0.25) is 0 Å². The van der Waals surface area contributed by atoms with Gasteiger partial charge in [0.1, 0.15) is 0 Å². The van der Waals surface area contributed by atoms with Gasteiger partial charge in [0.05, 0.1) is 12.3 Å². The molecular weight excluding hydrogens is 268 g/mol. The molecule has 0 aromatic carbocycles. The van der Waals surface area contributed by atoms with E-state index in [-0.39, 0.29) is 6.10 Å². The lowest BCUT2D eigenvalue weighted by molar-refractivity contribution is 0.0872. The molecule has 0 radical (unpaired) electrons. The molecule has 1 heterocycles. The summed E-state index contributed by atoms with van der Waals surface area (Å²) in [7, 11) is -5.05. The van der Waals surface area contributed by atoms with Gasteiger partial charge in [0, 0.05) is 0 Å². The van der Waals surface area contributed by atoms with Crippen molar-refractivity contribution in [3.05, 3.63) is 0 Å². The number of rotatable bonds is 6. The Morgan fingerprint density at radius 3 is 1.94 bits per heavy atom. The van der Waals surface area contributed by atoms with Crippen LogP contribution in [0.3, 0.4) is 0 Å². The third kappa shape index (κ3) is 4.58. The molecule has 0 bridgehead atoms. The molecular formula is C10H26O4Si3. The molecule has 0 aliphatic carbocycles. The Labute approximate surface area is 110 Å². The Hall–Kier alpha value is 0.491. The van der Waals surface area contributed by atoms with E-state index in [9.17, 15) is 0 Å². The fraction of sp³-hybridized carbons (Fsp3) is 1.00. The summed E-state index contributed by atoms with van der Waals surface area (Å²) in [6, 6.07) is 3.03. The maximum absolute atomic E-state index is 6.20. The average molecular weight is 295 g/mol. The molecule has 1 saturated heterocycles. The van der Waals surface area contributed by atoms with Crippen molar-refractivity contribution in [1.29, 1.82) is 0 Å². The van der Waals surface area contributed by atoms with Crippen LogP contribution in [-0.4, -0.2) is 39.5 Å². The molecule has 102 valence electrons. The standard InChI is InChI=1S/C10H26O4Si3/c1-6-15-12-16(7-2)14-17(8-3,13-15)9-11-10(4)5/h10,15-16H,6-9H2,1-5H3. The molecule has 0 spiro atoms. The second kappa shape index (κ2) is 7.17. The molecule has 17 heavy (non-hydrogen) atoms. The lowest BCUT2D eigenvalue weighted by atomic mass is 10.5. The van der Waals surface area contributed by atoms with E-state index in [4.69, 9.17) is 17.1 Å². The van der Waals surface area contributed by atoms with Gasteiger partial charge in [-0.2, -0.15) is 0 Å². The predicted molar refractivity (Wildman–Crippen MR) is 75.8 cm³/mol. The van der Waals surface area contributed by atoms with Gasteiger partial charge >= 0.3 is 27.1 Å². The molecule has 0 aromatic heterocycles. The maximum atomic E-state index is 6.20. The number of ether oxygens (including phenoxy) is 1. The normalized spacial score (nSPS) is 34.2. The van der Waals surface area contributed by atoms with Gasteiger partial charge in [0.25, 0.3) is 0 Å². The van der Waals surface area contributed by atoms with Crippen LogP contribution in [0.1, 0.15) is 34.6 Å². The maximum Gasteiger partial charge on any atom is 0.346 e. The van der Waals surface area contributed by atoms with Crippen molar-refractivity contribution in [3.63, 3.8) is 0 Å². The summed E-state index contributed by atoms with van der Waals surface area (Å²) in [5.41, 5.74) is 0. The Kier molecular flexibility index (Phi) is 6.56. The summed E-state index contributed by atoms with van der Waals surface area (Å²) >= 11 is 0. The Morgan fingerprint density at radius 1 is 1.06 bits per heavy atom. The first kappa shape index (κ1) is 15.5. The quantitative estimate of drug-likeness (QED) is 0.702. The zero-order valence-electron chi connectivity index (χ0n) is 11.7. The molecule has 4 nitrogen and oxygen atoms in total. The molecule has 1 rings (SSSR count). The smallest absolute Gasteiger partial charge is 0.346 e. The monoisotopic (exact) mass is 294 g/mol. The minimum atomic E-state index is -2.11. The minimum Gasteiger partial charge on any atom is -0.420 e. The van der Waals surface area contributed by atoms with E-state index < -0.39 is 27.1 Å². The predicted octanol–water partition coefficient (Wildman–Crippen LogP) is 1.96. The van der Waals surface area contributed by atoms with Crippen LogP contribution >= 0.6 is 0 Å². The van der Waals surface area contributed by atoms with Gasteiger partial charge in [0.15, 0.2) is 0 Å².